The summed E-state index contributed by atoms with van der Waals surface area (Å²) in [6.45, 7) is 7.25. The van der Waals surface area contributed by atoms with Crippen molar-refractivity contribution in [2.45, 2.75) is 39.9 Å². The van der Waals surface area contributed by atoms with Crippen LogP contribution in [0.2, 0.25) is 0 Å². The van der Waals surface area contributed by atoms with Crippen LogP contribution in [0.4, 0.5) is 0 Å². The number of thiocarbonyl (C=S) groups is 1. The van der Waals surface area contributed by atoms with Crippen LogP contribution in [0.5, 0.6) is 11.5 Å². The van der Waals surface area contributed by atoms with Gasteiger partial charge in [0.25, 0.3) is 5.56 Å². The predicted molar refractivity (Wildman–Crippen MR) is 146 cm³/mol. The molecule has 7 heteroatoms. The second kappa shape index (κ2) is 10.0. The molecule has 2 heterocycles. The molecule has 0 bridgehead atoms. The van der Waals surface area contributed by atoms with Crippen molar-refractivity contribution in [1.82, 2.24) is 15.2 Å². The van der Waals surface area contributed by atoms with Gasteiger partial charge in [0.2, 0.25) is 6.79 Å². The molecule has 1 atom stereocenters. The van der Waals surface area contributed by atoms with Gasteiger partial charge in [-0.3, -0.25) is 4.79 Å². The normalized spacial score (nSPS) is 13.0. The fourth-order valence-electron chi connectivity index (χ4n) is 4.62. The third kappa shape index (κ3) is 5.06. The first-order valence-corrected chi connectivity index (χ1v) is 12.4. The van der Waals surface area contributed by atoms with Gasteiger partial charge in [-0.1, -0.05) is 48.0 Å². The highest BCUT2D eigenvalue weighted by molar-refractivity contribution is 7.80. The molecular weight excluding hydrogens is 470 g/mol. The Bertz CT molecular complexity index is 1480. The SMILES string of the molecule is Cc1cc(C)c2[nH]c(=O)c(CN(Cc3ccc4c(c3)OCO4)C(=S)N[C@H](C)c3ccccc3)cc2c1. The molecule has 0 spiro atoms. The molecule has 0 aliphatic carbocycles. The van der Waals surface area contributed by atoms with Crippen LogP contribution in [0.1, 0.15) is 40.8 Å². The fourth-order valence-corrected chi connectivity index (χ4v) is 4.92. The highest BCUT2D eigenvalue weighted by Gasteiger charge is 2.19. The van der Waals surface area contributed by atoms with Crippen LogP contribution in [0, 0.1) is 13.8 Å². The standard InChI is InChI=1S/C29H29N3O3S/c1-18-11-19(2)27-23(12-18)14-24(28(33)31-27)16-32(15-21-9-10-25-26(13-21)35-17-34-25)29(36)30-20(3)22-7-5-4-6-8-22/h4-14,20H,15-17H2,1-3H3,(H,30,36)(H,31,33)/t20-/m1/s1. The van der Waals surface area contributed by atoms with Crippen LogP contribution in [0.3, 0.4) is 0 Å². The van der Waals surface area contributed by atoms with Gasteiger partial charge in [0, 0.05) is 12.1 Å². The number of benzene rings is 3. The van der Waals surface area contributed by atoms with E-state index >= 15 is 0 Å². The van der Waals surface area contributed by atoms with Crippen molar-refractivity contribution in [1.29, 1.82) is 0 Å². The Morgan fingerprint density at radius 2 is 1.81 bits per heavy atom. The molecule has 1 aliphatic rings. The summed E-state index contributed by atoms with van der Waals surface area (Å²) in [5, 5.41) is 5.04. The van der Waals surface area contributed by atoms with E-state index < -0.39 is 0 Å². The van der Waals surface area contributed by atoms with Crippen molar-refractivity contribution < 1.29 is 9.47 Å². The van der Waals surface area contributed by atoms with Crippen LogP contribution in [-0.2, 0) is 13.1 Å². The molecule has 6 nitrogen and oxygen atoms in total. The molecule has 1 aromatic heterocycles. The quantitative estimate of drug-likeness (QED) is 0.341. The van der Waals surface area contributed by atoms with Gasteiger partial charge in [0.15, 0.2) is 16.6 Å². The van der Waals surface area contributed by atoms with E-state index in [0.29, 0.717) is 23.8 Å². The number of aryl methyl sites for hydroxylation is 2. The van der Waals surface area contributed by atoms with Crippen LogP contribution < -0.4 is 20.3 Å². The minimum absolute atomic E-state index is 0.0122. The van der Waals surface area contributed by atoms with Crippen LogP contribution in [0.25, 0.3) is 10.9 Å². The van der Waals surface area contributed by atoms with E-state index in [4.69, 9.17) is 21.7 Å². The van der Waals surface area contributed by atoms with Gasteiger partial charge >= 0.3 is 0 Å². The van der Waals surface area contributed by atoms with E-state index in [0.717, 1.165) is 44.7 Å². The molecule has 0 amide bonds. The first kappa shape index (κ1) is 23.9. The summed E-state index contributed by atoms with van der Waals surface area (Å²) in [6, 6.07) is 22.2. The first-order valence-electron chi connectivity index (χ1n) is 12.0. The van der Waals surface area contributed by atoms with Gasteiger partial charge in [-0.2, -0.15) is 0 Å². The molecule has 0 unspecified atom stereocenters. The molecule has 0 saturated carbocycles. The number of ether oxygens (including phenoxy) is 2. The zero-order valence-corrected chi connectivity index (χ0v) is 21.4. The van der Waals surface area contributed by atoms with Crippen molar-refractivity contribution >= 4 is 28.2 Å². The highest BCUT2D eigenvalue weighted by Crippen LogP contribution is 2.33. The zero-order chi connectivity index (χ0) is 25.2. The summed E-state index contributed by atoms with van der Waals surface area (Å²) in [6.07, 6.45) is 0. The fraction of sp³-hybridized carbons (Fsp3) is 0.241. The molecule has 1 aliphatic heterocycles. The first-order chi connectivity index (χ1) is 17.4. The lowest BCUT2D eigenvalue weighted by atomic mass is 10.0. The van der Waals surface area contributed by atoms with Crippen LogP contribution in [0.15, 0.2) is 71.5 Å². The van der Waals surface area contributed by atoms with E-state index in [2.05, 4.69) is 48.4 Å². The largest absolute Gasteiger partial charge is 0.454 e. The Morgan fingerprint density at radius 3 is 2.61 bits per heavy atom. The van der Waals surface area contributed by atoms with Crippen molar-refractivity contribution in [2.24, 2.45) is 0 Å². The average molecular weight is 500 g/mol. The second-order valence-electron chi connectivity index (χ2n) is 9.30. The Kier molecular flexibility index (Phi) is 6.65. The van der Waals surface area contributed by atoms with Gasteiger partial charge in [0.1, 0.15) is 0 Å². The third-order valence-electron chi connectivity index (χ3n) is 6.47. The maximum Gasteiger partial charge on any atom is 0.253 e. The number of nitrogens with zero attached hydrogens (tertiary/aromatic N) is 1. The number of hydrogen-bond acceptors (Lipinski definition) is 4. The molecular formula is C29H29N3O3S. The number of H-pyrrole nitrogens is 1. The molecule has 3 aromatic carbocycles. The van der Waals surface area contributed by atoms with E-state index in [1.807, 2.05) is 54.3 Å². The van der Waals surface area contributed by atoms with Crippen molar-refractivity contribution in [3.8, 4) is 11.5 Å². The lowest BCUT2D eigenvalue weighted by molar-refractivity contribution is 0.174. The molecule has 0 radical (unpaired) electrons. The van der Waals surface area contributed by atoms with Crippen molar-refractivity contribution in [2.75, 3.05) is 6.79 Å². The van der Waals surface area contributed by atoms with E-state index in [9.17, 15) is 4.79 Å². The topological polar surface area (TPSA) is 66.6 Å². The lowest BCUT2D eigenvalue weighted by Gasteiger charge is -2.28. The zero-order valence-electron chi connectivity index (χ0n) is 20.6. The van der Waals surface area contributed by atoms with Crippen LogP contribution >= 0.6 is 12.2 Å². The molecule has 5 rings (SSSR count). The monoisotopic (exact) mass is 499 g/mol. The number of rotatable bonds is 6. The highest BCUT2D eigenvalue weighted by atomic mass is 32.1. The predicted octanol–water partition coefficient (Wildman–Crippen LogP) is 5.51. The van der Waals surface area contributed by atoms with Crippen LogP contribution in [-0.4, -0.2) is 21.8 Å². The Labute approximate surface area is 215 Å². The van der Waals surface area contributed by atoms with Crippen molar-refractivity contribution in [3.05, 3.63) is 105 Å². The van der Waals surface area contributed by atoms with E-state index in [1.54, 1.807) is 0 Å². The van der Waals surface area contributed by atoms with Gasteiger partial charge in [-0.15, -0.1) is 0 Å². The maximum atomic E-state index is 13.1. The summed E-state index contributed by atoms with van der Waals surface area (Å²) >= 11 is 5.88. The van der Waals surface area contributed by atoms with E-state index in [-0.39, 0.29) is 18.4 Å². The number of hydrogen-bond donors (Lipinski definition) is 2. The molecule has 2 N–H and O–H groups in total. The Morgan fingerprint density at radius 1 is 1.03 bits per heavy atom. The summed E-state index contributed by atoms with van der Waals surface area (Å²) in [5.74, 6) is 1.46. The smallest absolute Gasteiger partial charge is 0.253 e. The minimum atomic E-state index is -0.107. The summed E-state index contributed by atoms with van der Waals surface area (Å²) < 4.78 is 11.0. The average Bonchev–Trinajstić information content (AvgIpc) is 3.33. The summed E-state index contributed by atoms with van der Waals surface area (Å²) in [5.41, 5.74) is 5.78. The van der Waals surface area contributed by atoms with Gasteiger partial charge in [-0.05, 0) is 79.3 Å². The molecule has 4 aromatic rings. The number of aromatic amines is 1. The van der Waals surface area contributed by atoms with E-state index in [1.165, 1.54) is 0 Å². The van der Waals surface area contributed by atoms with Gasteiger partial charge in [-0.25, -0.2) is 0 Å². The maximum absolute atomic E-state index is 13.1. The lowest BCUT2D eigenvalue weighted by Crippen LogP contribution is -2.41. The molecule has 184 valence electrons. The van der Waals surface area contributed by atoms with Gasteiger partial charge in [0.05, 0.1) is 18.1 Å². The molecule has 0 saturated heterocycles. The Hall–Kier alpha value is -3.84. The second-order valence-corrected chi connectivity index (χ2v) is 9.68. The summed E-state index contributed by atoms with van der Waals surface area (Å²) in [4.78, 5) is 18.2. The number of pyridine rings is 1. The number of nitrogens with one attached hydrogen (secondary N) is 2. The minimum Gasteiger partial charge on any atom is -0.454 e. The Balaban J connectivity index is 1.46. The molecule has 36 heavy (non-hydrogen) atoms. The third-order valence-corrected chi connectivity index (χ3v) is 6.84. The van der Waals surface area contributed by atoms with Crippen molar-refractivity contribution in [3.63, 3.8) is 0 Å². The molecule has 0 fully saturated rings. The van der Waals surface area contributed by atoms with Gasteiger partial charge < -0.3 is 24.7 Å². The summed E-state index contributed by atoms with van der Waals surface area (Å²) in [7, 11) is 0. The number of aromatic nitrogens is 1. The number of fused-ring (bicyclic) bond motifs is 2.